The van der Waals surface area contributed by atoms with Gasteiger partial charge in [0, 0.05) is 14.9 Å². The van der Waals surface area contributed by atoms with Crippen LogP contribution in [0.1, 0.15) is 17.2 Å². The van der Waals surface area contributed by atoms with Crippen molar-refractivity contribution in [2.45, 2.75) is 6.04 Å². The molecular formula is C12H11BrClNS. The maximum Gasteiger partial charge on any atom is 0.0594 e. The third kappa shape index (κ3) is 2.48. The average molecular weight is 317 g/mol. The van der Waals surface area contributed by atoms with Crippen LogP contribution in [-0.2, 0) is 0 Å². The van der Waals surface area contributed by atoms with E-state index in [0.717, 1.165) is 9.50 Å². The molecular weight excluding hydrogens is 306 g/mol. The predicted octanol–water partition coefficient (Wildman–Crippen LogP) is 4.47. The van der Waals surface area contributed by atoms with E-state index >= 15 is 0 Å². The van der Waals surface area contributed by atoms with E-state index < -0.39 is 0 Å². The highest BCUT2D eigenvalue weighted by Crippen LogP contribution is 2.32. The van der Waals surface area contributed by atoms with Crippen LogP contribution in [0.15, 0.2) is 39.5 Å². The molecule has 0 amide bonds. The number of rotatable bonds is 3. The van der Waals surface area contributed by atoms with Crippen LogP contribution in [0.25, 0.3) is 0 Å². The van der Waals surface area contributed by atoms with E-state index in [2.05, 4.69) is 38.1 Å². The Kier molecular flexibility index (Phi) is 4.03. The first-order valence-electron chi connectivity index (χ1n) is 4.86. The summed E-state index contributed by atoms with van der Waals surface area (Å²) in [4.78, 5) is 0. The van der Waals surface area contributed by atoms with E-state index in [0.29, 0.717) is 0 Å². The number of benzene rings is 1. The fraction of sp³-hybridized carbons (Fsp3) is 0.167. The highest BCUT2D eigenvalue weighted by atomic mass is 79.9. The Bertz CT molecular complexity index is 483. The molecule has 2 rings (SSSR count). The largest absolute Gasteiger partial charge is 0.309 e. The van der Waals surface area contributed by atoms with Crippen LogP contribution in [0.5, 0.6) is 0 Å². The summed E-state index contributed by atoms with van der Waals surface area (Å²) in [5, 5.41) is 8.31. The van der Waals surface area contributed by atoms with Gasteiger partial charge in [0.1, 0.15) is 0 Å². The van der Waals surface area contributed by atoms with Gasteiger partial charge in [0.25, 0.3) is 0 Å². The van der Waals surface area contributed by atoms with E-state index in [4.69, 9.17) is 11.6 Å². The summed E-state index contributed by atoms with van der Waals surface area (Å²) in [5.41, 5.74) is 2.42. The summed E-state index contributed by atoms with van der Waals surface area (Å²) < 4.78 is 1.14. The highest BCUT2D eigenvalue weighted by Gasteiger charge is 2.15. The molecule has 1 nitrogen and oxygen atoms in total. The van der Waals surface area contributed by atoms with Gasteiger partial charge < -0.3 is 5.32 Å². The standard InChI is InChI=1S/C12H11BrClNS/c1-15-12(10-6-16-7-11(10)13)8-3-2-4-9(14)5-8/h2-7,12,15H,1H3. The number of halogens is 2. The van der Waals surface area contributed by atoms with Crippen molar-refractivity contribution in [3.63, 3.8) is 0 Å². The van der Waals surface area contributed by atoms with Gasteiger partial charge in [0.05, 0.1) is 6.04 Å². The zero-order valence-electron chi connectivity index (χ0n) is 8.71. The lowest BCUT2D eigenvalue weighted by molar-refractivity contribution is 0.692. The van der Waals surface area contributed by atoms with Crippen LogP contribution in [0.2, 0.25) is 5.02 Å². The van der Waals surface area contributed by atoms with Gasteiger partial charge in [-0.25, -0.2) is 0 Å². The quantitative estimate of drug-likeness (QED) is 0.881. The molecule has 0 saturated heterocycles. The lowest BCUT2D eigenvalue weighted by Crippen LogP contribution is -2.17. The van der Waals surface area contributed by atoms with Gasteiger partial charge in [0.2, 0.25) is 0 Å². The molecule has 1 heterocycles. The smallest absolute Gasteiger partial charge is 0.0594 e. The van der Waals surface area contributed by atoms with Crippen LogP contribution in [0, 0.1) is 0 Å². The topological polar surface area (TPSA) is 12.0 Å². The summed E-state index contributed by atoms with van der Waals surface area (Å²) in [6, 6.07) is 8.12. The molecule has 0 aliphatic rings. The minimum absolute atomic E-state index is 0.180. The second-order valence-electron chi connectivity index (χ2n) is 3.45. The highest BCUT2D eigenvalue weighted by molar-refractivity contribution is 9.10. The lowest BCUT2D eigenvalue weighted by atomic mass is 10.0. The second kappa shape index (κ2) is 5.32. The first kappa shape index (κ1) is 12.1. The normalized spacial score (nSPS) is 12.7. The van der Waals surface area contributed by atoms with Crippen LogP contribution in [0.4, 0.5) is 0 Å². The molecule has 0 fully saturated rings. The van der Waals surface area contributed by atoms with Crippen molar-refractivity contribution < 1.29 is 0 Å². The van der Waals surface area contributed by atoms with Crippen molar-refractivity contribution in [3.8, 4) is 0 Å². The van der Waals surface area contributed by atoms with E-state index in [1.165, 1.54) is 11.1 Å². The summed E-state index contributed by atoms with van der Waals surface area (Å²) in [5.74, 6) is 0. The third-order valence-corrected chi connectivity index (χ3v) is 4.41. The molecule has 16 heavy (non-hydrogen) atoms. The van der Waals surface area contributed by atoms with Gasteiger partial charge >= 0.3 is 0 Å². The molecule has 1 unspecified atom stereocenters. The van der Waals surface area contributed by atoms with Gasteiger partial charge in [-0.3, -0.25) is 0 Å². The Morgan fingerprint density at radius 1 is 1.38 bits per heavy atom. The van der Waals surface area contributed by atoms with Gasteiger partial charge in [-0.15, -0.1) is 0 Å². The Balaban J connectivity index is 2.40. The molecule has 0 bridgehead atoms. The third-order valence-electron chi connectivity index (χ3n) is 2.42. The molecule has 0 aliphatic carbocycles. The number of hydrogen-bond donors (Lipinski definition) is 1. The predicted molar refractivity (Wildman–Crippen MR) is 74.4 cm³/mol. The Morgan fingerprint density at radius 2 is 2.19 bits per heavy atom. The first-order valence-corrected chi connectivity index (χ1v) is 6.98. The molecule has 1 N–H and O–H groups in total. The van der Waals surface area contributed by atoms with Crippen molar-refractivity contribution >= 4 is 38.9 Å². The fourth-order valence-corrected chi connectivity index (χ4v) is 3.44. The average Bonchev–Trinajstić information content (AvgIpc) is 2.67. The zero-order valence-corrected chi connectivity index (χ0v) is 11.9. The molecule has 0 saturated carbocycles. The van der Waals surface area contributed by atoms with Gasteiger partial charge in [-0.1, -0.05) is 23.7 Å². The van der Waals surface area contributed by atoms with Crippen molar-refractivity contribution in [1.82, 2.24) is 5.32 Å². The number of thiophene rings is 1. The van der Waals surface area contributed by atoms with Crippen molar-refractivity contribution in [3.05, 3.63) is 55.6 Å². The van der Waals surface area contributed by atoms with Crippen molar-refractivity contribution in [1.29, 1.82) is 0 Å². The Morgan fingerprint density at radius 3 is 2.75 bits per heavy atom. The summed E-state index contributed by atoms with van der Waals surface area (Å²) >= 11 is 11.3. The summed E-state index contributed by atoms with van der Waals surface area (Å²) in [6.07, 6.45) is 0. The number of hydrogen-bond acceptors (Lipinski definition) is 2. The molecule has 2 aromatic rings. The van der Waals surface area contributed by atoms with Crippen LogP contribution in [0.3, 0.4) is 0 Å². The first-order chi connectivity index (χ1) is 7.72. The van der Waals surface area contributed by atoms with Crippen LogP contribution in [-0.4, -0.2) is 7.05 Å². The molecule has 84 valence electrons. The van der Waals surface area contributed by atoms with E-state index in [1.54, 1.807) is 11.3 Å². The maximum atomic E-state index is 6.01. The minimum atomic E-state index is 0.180. The van der Waals surface area contributed by atoms with Gasteiger partial charge in [-0.2, -0.15) is 11.3 Å². The monoisotopic (exact) mass is 315 g/mol. The lowest BCUT2D eigenvalue weighted by Gasteiger charge is -2.16. The zero-order chi connectivity index (χ0) is 11.5. The maximum absolute atomic E-state index is 6.01. The second-order valence-corrected chi connectivity index (χ2v) is 5.49. The molecule has 4 heteroatoms. The molecule has 0 radical (unpaired) electrons. The van der Waals surface area contributed by atoms with Crippen molar-refractivity contribution in [2.24, 2.45) is 0 Å². The fourth-order valence-electron chi connectivity index (χ4n) is 1.69. The Hall–Kier alpha value is -0.350. The molecule has 1 aromatic heterocycles. The van der Waals surface area contributed by atoms with Crippen LogP contribution >= 0.6 is 38.9 Å². The van der Waals surface area contributed by atoms with E-state index in [1.807, 2.05) is 25.2 Å². The number of nitrogens with one attached hydrogen (secondary N) is 1. The molecule has 1 aromatic carbocycles. The van der Waals surface area contributed by atoms with E-state index in [9.17, 15) is 0 Å². The molecule has 1 atom stereocenters. The summed E-state index contributed by atoms with van der Waals surface area (Å²) in [6.45, 7) is 0. The summed E-state index contributed by atoms with van der Waals surface area (Å²) in [7, 11) is 1.95. The Labute approximate surface area is 113 Å². The molecule has 0 spiro atoms. The van der Waals surface area contributed by atoms with E-state index in [-0.39, 0.29) is 6.04 Å². The van der Waals surface area contributed by atoms with Crippen molar-refractivity contribution in [2.75, 3.05) is 7.05 Å². The molecule has 0 aliphatic heterocycles. The minimum Gasteiger partial charge on any atom is -0.309 e. The SMILES string of the molecule is CNC(c1cccc(Cl)c1)c1cscc1Br. The van der Waals surface area contributed by atoms with Crippen LogP contribution < -0.4 is 5.32 Å². The van der Waals surface area contributed by atoms with Gasteiger partial charge in [0.15, 0.2) is 0 Å². The van der Waals surface area contributed by atoms with Gasteiger partial charge in [-0.05, 0) is 51.6 Å².